The third kappa shape index (κ3) is 4.14. The lowest BCUT2D eigenvalue weighted by molar-refractivity contribution is 0.180. The van der Waals surface area contributed by atoms with E-state index in [2.05, 4.69) is 25.7 Å². The number of aliphatic hydroxyl groups excluding tert-OH is 1. The number of aliphatic hydroxyl groups is 1. The number of aromatic nitrogens is 3. The molecule has 2 unspecified atom stereocenters. The quantitative estimate of drug-likeness (QED) is 0.576. The highest BCUT2D eigenvalue weighted by atomic mass is 19.1. The Hall–Kier alpha value is -2.48. The van der Waals surface area contributed by atoms with Crippen LogP contribution in [0.5, 0.6) is 0 Å². The zero-order valence-electron chi connectivity index (χ0n) is 14.4. The first kappa shape index (κ1) is 17.3. The number of guanidine groups is 1. The molecule has 0 radical (unpaired) electrons. The van der Waals surface area contributed by atoms with Gasteiger partial charge in [-0.2, -0.15) is 5.10 Å². The Morgan fingerprint density at radius 2 is 2.20 bits per heavy atom. The van der Waals surface area contributed by atoms with Gasteiger partial charge in [0.25, 0.3) is 0 Å². The summed E-state index contributed by atoms with van der Waals surface area (Å²) >= 11 is 0. The maximum Gasteiger partial charge on any atom is 0.191 e. The van der Waals surface area contributed by atoms with E-state index in [1.807, 2.05) is 11.6 Å². The number of benzene rings is 1. The minimum Gasteiger partial charge on any atom is -0.387 e. The van der Waals surface area contributed by atoms with Crippen molar-refractivity contribution in [3.8, 4) is 0 Å². The summed E-state index contributed by atoms with van der Waals surface area (Å²) in [4.78, 5) is 8.70. The molecule has 134 valence electrons. The summed E-state index contributed by atoms with van der Waals surface area (Å²) in [5, 5.41) is 21.1. The Kier molecular flexibility index (Phi) is 5.28. The van der Waals surface area contributed by atoms with Gasteiger partial charge in [0, 0.05) is 20.1 Å². The summed E-state index contributed by atoms with van der Waals surface area (Å²) < 4.78 is 14.9. The number of nitrogens with one attached hydrogen (secondary N) is 2. The standard InChI is InChI=1S/C17H23FN6O/c1-11-21-16-14(4-3-9-24(16)23-11)22-17(19-2)20-10-15(25)12-5-7-13(18)8-6-12/h5-8,14-15,25H,3-4,9-10H2,1-2H3,(H2,19,20,22). The smallest absolute Gasteiger partial charge is 0.191 e. The molecule has 2 heterocycles. The van der Waals surface area contributed by atoms with Crippen molar-refractivity contribution >= 4 is 5.96 Å². The van der Waals surface area contributed by atoms with Crippen molar-refractivity contribution in [1.82, 2.24) is 25.4 Å². The Bertz CT molecular complexity index is 742. The van der Waals surface area contributed by atoms with E-state index in [4.69, 9.17) is 0 Å². The Morgan fingerprint density at radius 3 is 2.92 bits per heavy atom. The highest BCUT2D eigenvalue weighted by Gasteiger charge is 2.24. The average molecular weight is 346 g/mol. The van der Waals surface area contributed by atoms with Crippen molar-refractivity contribution in [3.05, 3.63) is 47.3 Å². The number of hydrogen-bond acceptors (Lipinski definition) is 4. The first-order valence-electron chi connectivity index (χ1n) is 8.39. The van der Waals surface area contributed by atoms with Gasteiger partial charge in [0.1, 0.15) is 17.5 Å². The van der Waals surface area contributed by atoms with Crippen LogP contribution in [0.2, 0.25) is 0 Å². The van der Waals surface area contributed by atoms with E-state index in [-0.39, 0.29) is 18.4 Å². The van der Waals surface area contributed by atoms with Gasteiger partial charge in [0.05, 0.1) is 12.1 Å². The average Bonchev–Trinajstić information content (AvgIpc) is 3.00. The van der Waals surface area contributed by atoms with Crippen molar-refractivity contribution in [2.45, 2.75) is 38.5 Å². The molecule has 0 bridgehead atoms. The SMILES string of the molecule is CN=C(NCC(O)c1ccc(F)cc1)NC1CCCn2nc(C)nc21. The zero-order valence-corrected chi connectivity index (χ0v) is 14.4. The van der Waals surface area contributed by atoms with E-state index >= 15 is 0 Å². The first-order valence-corrected chi connectivity index (χ1v) is 8.39. The van der Waals surface area contributed by atoms with Crippen LogP contribution in [-0.2, 0) is 6.54 Å². The summed E-state index contributed by atoms with van der Waals surface area (Å²) in [6.07, 6.45) is 1.21. The highest BCUT2D eigenvalue weighted by molar-refractivity contribution is 5.80. The van der Waals surface area contributed by atoms with Crippen LogP contribution in [0.15, 0.2) is 29.3 Å². The van der Waals surface area contributed by atoms with Crippen LogP contribution in [0.3, 0.4) is 0 Å². The predicted molar refractivity (Wildman–Crippen MR) is 92.6 cm³/mol. The van der Waals surface area contributed by atoms with E-state index in [0.29, 0.717) is 11.5 Å². The van der Waals surface area contributed by atoms with Crippen LogP contribution in [0, 0.1) is 12.7 Å². The fraction of sp³-hybridized carbons (Fsp3) is 0.471. The number of aliphatic imine (C=N–C) groups is 1. The zero-order chi connectivity index (χ0) is 17.8. The third-order valence-electron chi connectivity index (χ3n) is 4.23. The molecule has 0 saturated carbocycles. The van der Waals surface area contributed by atoms with Crippen LogP contribution in [-0.4, -0.2) is 39.4 Å². The molecule has 0 amide bonds. The van der Waals surface area contributed by atoms with Gasteiger partial charge in [-0.25, -0.2) is 14.1 Å². The van der Waals surface area contributed by atoms with Gasteiger partial charge >= 0.3 is 0 Å². The van der Waals surface area contributed by atoms with E-state index in [1.54, 1.807) is 19.2 Å². The number of rotatable bonds is 4. The van der Waals surface area contributed by atoms with Crippen LogP contribution in [0.1, 0.15) is 42.2 Å². The molecule has 0 spiro atoms. The van der Waals surface area contributed by atoms with Crippen LogP contribution >= 0.6 is 0 Å². The molecule has 0 fully saturated rings. The Balaban J connectivity index is 1.59. The molecule has 0 saturated heterocycles. The van der Waals surface area contributed by atoms with E-state index in [1.165, 1.54) is 12.1 Å². The number of hydrogen-bond donors (Lipinski definition) is 3. The molecule has 2 aromatic rings. The first-order chi connectivity index (χ1) is 12.1. The van der Waals surface area contributed by atoms with Crippen molar-refractivity contribution in [2.75, 3.05) is 13.6 Å². The second-order valence-corrected chi connectivity index (χ2v) is 6.10. The lowest BCUT2D eigenvalue weighted by Crippen LogP contribution is -2.42. The lowest BCUT2D eigenvalue weighted by atomic mass is 10.1. The highest BCUT2D eigenvalue weighted by Crippen LogP contribution is 2.22. The molecule has 3 N–H and O–H groups in total. The molecule has 8 heteroatoms. The largest absolute Gasteiger partial charge is 0.387 e. The molecule has 2 atom stereocenters. The lowest BCUT2D eigenvalue weighted by Gasteiger charge is -2.25. The van der Waals surface area contributed by atoms with Crippen molar-refractivity contribution in [1.29, 1.82) is 0 Å². The number of fused-ring (bicyclic) bond motifs is 1. The van der Waals surface area contributed by atoms with Gasteiger partial charge in [0.2, 0.25) is 0 Å². The molecule has 25 heavy (non-hydrogen) atoms. The van der Waals surface area contributed by atoms with Gasteiger partial charge in [0.15, 0.2) is 5.96 Å². The molecule has 1 aromatic carbocycles. The maximum atomic E-state index is 13.0. The van der Waals surface area contributed by atoms with Crippen molar-refractivity contribution in [3.63, 3.8) is 0 Å². The van der Waals surface area contributed by atoms with Crippen molar-refractivity contribution in [2.24, 2.45) is 4.99 Å². The molecular weight excluding hydrogens is 323 g/mol. The van der Waals surface area contributed by atoms with Gasteiger partial charge in [-0.3, -0.25) is 4.99 Å². The number of halogens is 1. The monoisotopic (exact) mass is 346 g/mol. The Labute approximate surface area is 146 Å². The summed E-state index contributed by atoms with van der Waals surface area (Å²) in [6, 6.07) is 5.85. The minimum absolute atomic E-state index is 0.0316. The van der Waals surface area contributed by atoms with Crippen LogP contribution in [0.25, 0.3) is 0 Å². The number of aryl methyl sites for hydroxylation is 2. The normalized spacial score (nSPS) is 18.6. The maximum absolute atomic E-state index is 13.0. The van der Waals surface area contributed by atoms with Crippen molar-refractivity contribution < 1.29 is 9.50 Å². The van der Waals surface area contributed by atoms with Gasteiger partial charge in [-0.15, -0.1) is 0 Å². The minimum atomic E-state index is -0.753. The predicted octanol–water partition coefficient (Wildman–Crippen LogP) is 1.46. The fourth-order valence-electron chi connectivity index (χ4n) is 2.96. The molecule has 3 rings (SSSR count). The third-order valence-corrected chi connectivity index (χ3v) is 4.23. The summed E-state index contributed by atoms with van der Waals surface area (Å²) in [5.41, 5.74) is 0.650. The summed E-state index contributed by atoms with van der Waals surface area (Å²) in [5.74, 6) is 1.93. The molecular formula is C17H23FN6O. The second-order valence-electron chi connectivity index (χ2n) is 6.10. The summed E-state index contributed by atoms with van der Waals surface area (Å²) in [7, 11) is 1.68. The molecule has 1 aromatic heterocycles. The molecule has 1 aliphatic rings. The van der Waals surface area contributed by atoms with Crippen LogP contribution < -0.4 is 10.6 Å². The van der Waals surface area contributed by atoms with E-state index in [0.717, 1.165) is 31.0 Å². The van der Waals surface area contributed by atoms with E-state index < -0.39 is 6.10 Å². The fourth-order valence-corrected chi connectivity index (χ4v) is 2.96. The Morgan fingerprint density at radius 1 is 1.44 bits per heavy atom. The second kappa shape index (κ2) is 7.60. The van der Waals surface area contributed by atoms with Gasteiger partial charge in [-0.05, 0) is 37.5 Å². The van der Waals surface area contributed by atoms with Gasteiger partial charge < -0.3 is 15.7 Å². The number of nitrogens with zero attached hydrogens (tertiary/aromatic N) is 4. The summed E-state index contributed by atoms with van der Waals surface area (Å²) in [6.45, 7) is 3.03. The molecule has 0 aliphatic carbocycles. The molecule has 7 nitrogen and oxygen atoms in total. The topological polar surface area (TPSA) is 87.4 Å². The molecule has 1 aliphatic heterocycles. The van der Waals surface area contributed by atoms with E-state index in [9.17, 15) is 9.50 Å². The van der Waals surface area contributed by atoms with Crippen LogP contribution in [0.4, 0.5) is 4.39 Å². The van der Waals surface area contributed by atoms with Gasteiger partial charge in [-0.1, -0.05) is 12.1 Å².